The average Bonchev–Trinajstić information content (AvgIpc) is 3.13. The Labute approximate surface area is 208 Å². The van der Waals surface area contributed by atoms with Gasteiger partial charge in [-0.2, -0.15) is 0 Å². The van der Waals surface area contributed by atoms with Crippen LogP contribution in [0.5, 0.6) is 17.2 Å². The number of ether oxygens (including phenoxy) is 3. The summed E-state index contributed by atoms with van der Waals surface area (Å²) in [5.74, 6) is -0.771. The molecule has 1 aliphatic rings. The first-order valence-corrected chi connectivity index (χ1v) is 11.2. The highest BCUT2D eigenvalue weighted by Gasteiger charge is 2.46. The molecule has 1 unspecified atom stereocenters. The lowest BCUT2D eigenvalue weighted by Crippen LogP contribution is -2.29. The van der Waals surface area contributed by atoms with Crippen molar-refractivity contribution in [3.8, 4) is 17.2 Å². The third kappa shape index (κ3) is 4.42. The lowest BCUT2D eigenvalue weighted by molar-refractivity contribution is -0.140. The number of ketones is 1. The Morgan fingerprint density at radius 2 is 1.43 bits per heavy atom. The van der Waals surface area contributed by atoms with E-state index in [0.29, 0.717) is 33.4 Å². The van der Waals surface area contributed by atoms with E-state index in [1.807, 2.05) is 18.2 Å². The second-order valence-corrected chi connectivity index (χ2v) is 8.26. The molecule has 1 amide bonds. The maximum atomic E-state index is 13.4. The molecular formula is C27H24ClNO6. The number of benzene rings is 3. The van der Waals surface area contributed by atoms with Crippen LogP contribution in [0.15, 0.2) is 72.3 Å². The van der Waals surface area contributed by atoms with Crippen molar-refractivity contribution in [3.63, 3.8) is 0 Å². The Morgan fingerprint density at radius 1 is 0.857 bits per heavy atom. The quantitative estimate of drug-likeness (QED) is 0.283. The van der Waals surface area contributed by atoms with Crippen LogP contribution in [0.3, 0.4) is 0 Å². The number of aliphatic hydroxyl groups excluding tert-OH is 1. The van der Waals surface area contributed by atoms with Crippen LogP contribution in [0.2, 0.25) is 5.02 Å². The van der Waals surface area contributed by atoms with Crippen LogP contribution in [0.25, 0.3) is 5.76 Å². The Bertz CT molecular complexity index is 1280. The maximum absolute atomic E-state index is 13.4. The lowest BCUT2D eigenvalue weighted by Gasteiger charge is -2.26. The van der Waals surface area contributed by atoms with Gasteiger partial charge in [0.05, 0.1) is 39.5 Å². The summed E-state index contributed by atoms with van der Waals surface area (Å²) < 4.78 is 16.3. The SMILES string of the molecule is COc1ccccc1CN1C(=O)C(=O)/C(=C(/O)c2c(OC)cccc2OC)C1c1ccc(Cl)cc1. The molecule has 0 bridgehead atoms. The fourth-order valence-corrected chi connectivity index (χ4v) is 4.40. The number of Topliss-reactive ketones (excluding diaryl/α,β-unsaturated/α-hetero) is 1. The monoisotopic (exact) mass is 493 g/mol. The fourth-order valence-electron chi connectivity index (χ4n) is 4.27. The summed E-state index contributed by atoms with van der Waals surface area (Å²) in [6, 6.07) is 18.1. The van der Waals surface area contributed by atoms with Crippen molar-refractivity contribution >= 4 is 29.1 Å². The smallest absolute Gasteiger partial charge is 0.295 e. The molecule has 0 aliphatic carbocycles. The summed E-state index contributed by atoms with van der Waals surface area (Å²) in [5.41, 5.74) is 1.44. The van der Waals surface area contributed by atoms with Crippen molar-refractivity contribution < 1.29 is 28.9 Å². The number of aliphatic hydroxyl groups is 1. The molecule has 1 atom stereocenters. The largest absolute Gasteiger partial charge is 0.506 e. The van der Waals surface area contributed by atoms with E-state index in [1.165, 1.54) is 26.2 Å². The van der Waals surface area contributed by atoms with Gasteiger partial charge in [-0.3, -0.25) is 9.59 Å². The average molecular weight is 494 g/mol. The zero-order valence-corrected chi connectivity index (χ0v) is 20.2. The Balaban J connectivity index is 1.94. The molecule has 4 rings (SSSR count). The van der Waals surface area contributed by atoms with E-state index >= 15 is 0 Å². The molecule has 0 saturated carbocycles. The zero-order valence-electron chi connectivity index (χ0n) is 19.4. The number of likely N-dealkylation sites (tertiary alicyclic amines) is 1. The minimum absolute atomic E-state index is 0.0741. The Hall–Kier alpha value is -3.97. The van der Waals surface area contributed by atoms with Crippen LogP contribution < -0.4 is 14.2 Å². The number of halogens is 1. The van der Waals surface area contributed by atoms with Crippen LogP contribution in [-0.2, 0) is 16.1 Å². The predicted octanol–water partition coefficient (Wildman–Crippen LogP) is 4.99. The minimum Gasteiger partial charge on any atom is -0.506 e. The number of carbonyl (C=O) groups is 2. The van der Waals surface area contributed by atoms with Crippen molar-refractivity contribution in [2.45, 2.75) is 12.6 Å². The van der Waals surface area contributed by atoms with Gasteiger partial charge in [-0.05, 0) is 35.9 Å². The number of para-hydroxylation sites is 1. The van der Waals surface area contributed by atoms with Crippen molar-refractivity contribution in [2.75, 3.05) is 21.3 Å². The molecule has 1 fully saturated rings. The second kappa shape index (κ2) is 10.1. The van der Waals surface area contributed by atoms with Crippen LogP contribution in [0, 0.1) is 0 Å². The van der Waals surface area contributed by atoms with Gasteiger partial charge < -0.3 is 24.2 Å². The Kier molecular flexibility index (Phi) is 6.98. The van der Waals surface area contributed by atoms with Crippen molar-refractivity contribution in [3.05, 3.63) is 94.0 Å². The van der Waals surface area contributed by atoms with Gasteiger partial charge in [0.25, 0.3) is 11.7 Å². The molecule has 0 radical (unpaired) electrons. The second-order valence-electron chi connectivity index (χ2n) is 7.83. The van der Waals surface area contributed by atoms with Gasteiger partial charge in [0.1, 0.15) is 28.6 Å². The predicted molar refractivity (Wildman–Crippen MR) is 132 cm³/mol. The molecule has 8 heteroatoms. The highest BCUT2D eigenvalue weighted by molar-refractivity contribution is 6.46. The van der Waals surface area contributed by atoms with Gasteiger partial charge in [-0.15, -0.1) is 0 Å². The van der Waals surface area contributed by atoms with Crippen molar-refractivity contribution in [1.29, 1.82) is 0 Å². The fraction of sp³-hybridized carbons (Fsp3) is 0.185. The van der Waals surface area contributed by atoms with Gasteiger partial charge in [0.15, 0.2) is 0 Å². The molecule has 35 heavy (non-hydrogen) atoms. The van der Waals surface area contributed by atoms with E-state index in [0.717, 1.165) is 0 Å². The van der Waals surface area contributed by atoms with E-state index in [-0.39, 0.29) is 23.4 Å². The number of amides is 1. The third-order valence-corrected chi connectivity index (χ3v) is 6.18. The van der Waals surface area contributed by atoms with E-state index < -0.39 is 17.7 Å². The first-order chi connectivity index (χ1) is 16.9. The highest BCUT2D eigenvalue weighted by Crippen LogP contribution is 2.44. The number of nitrogens with zero attached hydrogens (tertiary/aromatic N) is 1. The summed E-state index contributed by atoms with van der Waals surface area (Å²) >= 11 is 6.10. The Morgan fingerprint density at radius 3 is 2.03 bits per heavy atom. The molecule has 1 aliphatic heterocycles. The topological polar surface area (TPSA) is 85.3 Å². The van der Waals surface area contributed by atoms with Gasteiger partial charge in [-0.1, -0.05) is 48.0 Å². The van der Waals surface area contributed by atoms with Crippen LogP contribution in [0.4, 0.5) is 0 Å². The van der Waals surface area contributed by atoms with Crippen LogP contribution in [-0.4, -0.2) is 43.0 Å². The van der Waals surface area contributed by atoms with Crippen molar-refractivity contribution in [1.82, 2.24) is 4.90 Å². The molecule has 0 aromatic heterocycles. The molecule has 3 aromatic carbocycles. The molecule has 0 spiro atoms. The maximum Gasteiger partial charge on any atom is 0.295 e. The van der Waals surface area contributed by atoms with Crippen LogP contribution in [0.1, 0.15) is 22.7 Å². The summed E-state index contributed by atoms with van der Waals surface area (Å²) in [6.45, 7) is 0.0850. The summed E-state index contributed by atoms with van der Waals surface area (Å²) in [6.07, 6.45) is 0. The van der Waals surface area contributed by atoms with E-state index in [4.69, 9.17) is 25.8 Å². The standard InChI is InChI=1S/C27H24ClNO6/c1-33-19-8-5-4-7-17(19)15-29-24(16-11-13-18(28)14-12-16)23(26(31)27(29)32)25(30)22-20(34-2)9-6-10-21(22)35-3/h4-14,24,30H,15H2,1-3H3/b25-23+. The first kappa shape index (κ1) is 24.2. The molecule has 1 saturated heterocycles. The molecule has 3 aromatic rings. The first-order valence-electron chi connectivity index (χ1n) is 10.8. The normalized spacial score (nSPS) is 16.9. The van der Waals surface area contributed by atoms with Crippen LogP contribution >= 0.6 is 11.6 Å². The summed E-state index contributed by atoms with van der Waals surface area (Å²) in [7, 11) is 4.43. The molecule has 1 N–H and O–H groups in total. The van der Waals surface area contributed by atoms with Gasteiger partial charge in [0, 0.05) is 10.6 Å². The van der Waals surface area contributed by atoms with Crippen molar-refractivity contribution in [2.24, 2.45) is 0 Å². The zero-order chi connectivity index (χ0) is 25.1. The molecule has 7 nitrogen and oxygen atoms in total. The van der Waals surface area contributed by atoms with Gasteiger partial charge in [0.2, 0.25) is 0 Å². The summed E-state index contributed by atoms with van der Waals surface area (Å²) in [5, 5.41) is 12.0. The number of rotatable bonds is 7. The lowest BCUT2D eigenvalue weighted by atomic mass is 9.94. The van der Waals surface area contributed by atoms with Gasteiger partial charge in [-0.25, -0.2) is 0 Å². The number of carbonyl (C=O) groups excluding carboxylic acids is 2. The van der Waals surface area contributed by atoms with E-state index in [2.05, 4.69) is 0 Å². The van der Waals surface area contributed by atoms with E-state index in [1.54, 1.807) is 48.5 Å². The molecule has 180 valence electrons. The number of hydrogen-bond donors (Lipinski definition) is 1. The third-order valence-electron chi connectivity index (χ3n) is 5.92. The highest BCUT2D eigenvalue weighted by atomic mass is 35.5. The minimum atomic E-state index is -0.883. The molecule has 1 heterocycles. The summed E-state index contributed by atoms with van der Waals surface area (Å²) in [4.78, 5) is 28.1. The number of methoxy groups -OCH3 is 3. The van der Waals surface area contributed by atoms with E-state index in [9.17, 15) is 14.7 Å². The molecular weight excluding hydrogens is 470 g/mol. The van der Waals surface area contributed by atoms with Gasteiger partial charge >= 0.3 is 0 Å². The number of hydrogen-bond acceptors (Lipinski definition) is 6.